The van der Waals surface area contributed by atoms with E-state index in [0.29, 0.717) is 22.0 Å². The topological polar surface area (TPSA) is 58.6 Å². The summed E-state index contributed by atoms with van der Waals surface area (Å²) in [6, 6.07) is 10.3. The molecule has 0 saturated carbocycles. The number of hydrogen-bond donors (Lipinski definition) is 1. The normalized spacial score (nSPS) is 10.3. The minimum atomic E-state index is -0.345. The second kappa shape index (κ2) is 8.36. The molecule has 0 heterocycles. The van der Waals surface area contributed by atoms with Gasteiger partial charge in [0.1, 0.15) is 5.75 Å². The molecule has 2 amide bonds. The van der Waals surface area contributed by atoms with Gasteiger partial charge in [0, 0.05) is 22.2 Å². The van der Waals surface area contributed by atoms with E-state index >= 15 is 0 Å². The van der Waals surface area contributed by atoms with Crippen molar-refractivity contribution in [2.75, 3.05) is 26.0 Å². The smallest absolute Gasteiger partial charge is 0.257 e. The van der Waals surface area contributed by atoms with Gasteiger partial charge in [0.25, 0.3) is 5.91 Å². The van der Waals surface area contributed by atoms with Crippen molar-refractivity contribution in [3.05, 3.63) is 57.0 Å². The van der Waals surface area contributed by atoms with Gasteiger partial charge < -0.3 is 15.0 Å². The Hall–Kier alpha value is -2.05. The minimum absolute atomic E-state index is 0.0932. The third-order valence-corrected chi connectivity index (χ3v) is 4.31. The summed E-state index contributed by atoms with van der Waals surface area (Å²) in [5.41, 5.74) is 1.94. The number of methoxy groups -OCH3 is 1. The number of likely N-dealkylation sites (N-methyl/N-ethyl adjacent to an activating group) is 1. The summed E-state index contributed by atoms with van der Waals surface area (Å²) in [7, 11) is 3.03. The fourth-order valence-electron chi connectivity index (χ4n) is 2.30. The van der Waals surface area contributed by atoms with E-state index < -0.39 is 0 Å². The molecule has 2 aromatic carbocycles. The lowest BCUT2D eigenvalue weighted by molar-refractivity contribution is -0.116. The number of benzene rings is 2. The van der Waals surface area contributed by atoms with Crippen LogP contribution in [-0.4, -0.2) is 37.4 Å². The van der Waals surface area contributed by atoms with Crippen molar-refractivity contribution < 1.29 is 14.3 Å². The van der Waals surface area contributed by atoms with Crippen LogP contribution < -0.4 is 10.1 Å². The average molecular weight is 426 g/mol. The van der Waals surface area contributed by atoms with Crippen LogP contribution in [0.25, 0.3) is 0 Å². The highest BCUT2D eigenvalue weighted by Gasteiger charge is 2.19. The molecule has 0 radical (unpaired) electrons. The fourth-order valence-corrected chi connectivity index (χ4v) is 2.94. The molecule has 132 valence electrons. The Morgan fingerprint density at radius 3 is 2.60 bits per heavy atom. The predicted molar refractivity (Wildman–Crippen MR) is 102 cm³/mol. The number of carbonyl (C=O) groups excluding carboxylic acids is 2. The Bertz CT molecular complexity index is 811. The summed E-state index contributed by atoms with van der Waals surface area (Å²) in [5, 5.41) is 3.23. The van der Waals surface area contributed by atoms with Crippen molar-refractivity contribution in [2.24, 2.45) is 0 Å². The van der Waals surface area contributed by atoms with Crippen molar-refractivity contribution in [2.45, 2.75) is 6.92 Å². The number of carbonyl (C=O) groups is 2. The number of rotatable bonds is 5. The Morgan fingerprint density at radius 2 is 1.96 bits per heavy atom. The van der Waals surface area contributed by atoms with Crippen molar-refractivity contribution in [3.63, 3.8) is 0 Å². The van der Waals surface area contributed by atoms with Gasteiger partial charge in [-0.2, -0.15) is 0 Å². The largest absolute Gasteiger partial charge is 0.496 e. The van der Waals surface area contributed by atoms with Gasteiger partial charge in [-0.1, -0.05) is 27.5 Å². The molecule has 0 aliphatic carbocycles. The molecule has 5 nitrogen and oxygen atoms in total. The number of halogens is 2. The Morgan fingerprint density at radius 1 is 1.24 bits per heavy atom. The van der Waals surface area contributed by atoms with Crippen molar-refractivity contribution in [1.29, 1.82) is 0 Å². The van der Waals surface area contributed by atoms with Gasteiger partial charge in [0.05, 0.1) is 19.2 Å². The molecule has 0 aliphatic heterocycles. The van der Waals surface area contributed by atoms with Crippen LogP contribution in [0.15, 0.2) is 40.9 Å². The molecule has 0 spiro atoms. The van der Waals surface area contributed by atoms with E-state index in [1.165, 1.54) is 18.1 Å². The Kier molecular flexibility index (Phi) is 6.45. The van der Waals surface area contributed by atoms with E-state index in [1.54, 1.807) is 25.2 Å². The molecular formula is C18H18BrClN2O3. The summed E-state index contributed by atoms with van der Waals surface area (Å²) in [6.07, 6.45) is 0. The van der Waals surface area contributed by atoms with E-state index in [-0.39, 0.29) is 18.4 Å². The van der Waals surface area contributed by atoms with Crippen molar-refractivity contribution in [1.82, 2.24) is 4.90 Å². The number of amides is 2. The zero-order valence-corrected chi connectivity index (χ0v) is 16.4. The van der Waals surface area contributed by atoms with E-state index in [4.69, 9.17) is 16.3 Å². The van der Waals surface area contributed by atoms with Crippen LogP contribution in [0, 0.1) is 6.92 Å². The molecule has 0 fully saturated rings. The first-order valence-electron chi connectivity index (χ1n) is 7.47. The zero-order valence-electron chi connectivity index (χ0n) is 14.1. The van der Waals surface area contributed by atoms with Gasteiger partial charge >= 0.3 is 0 Å². The van der Waals surface area contributed by atoms with E-state index in [1.807, 2.05) is 19.1 Å². The van der Waals surface area contributed by atoms with E-state index in [2.05, 4.69) is 21.2 Å². The van der Waals surface area contributed by atoms with Crippen LogP contribution in [0.3, 0.4) is 0 Å². The van der Waals surface area contributed by atoms with Crippen molar-refractivity contribution >= 4 is 45.0 Å². The number of ether oxygens (including phenoxy) is 1. The van der Waals surface area contributed by atoms with Crippen LogP contribution in [0.4, 0.5) is 5.69 Å². The molecule has 0 aromatic heterocycles. The highest BCUT2D eigenvalue weighted by atomic mass is 79.9. The monoisotopic (exact) mass is 424 g/mol. The summed E-state index contributed by atoms with van der Waals surface area (Å²) < 4.78 is 6.12. The number of nitrogens with zero attached hydrogens (tertiary/aromatic N) is 1. The molecule has 0 bridgehead atoms. The number of nitrogens with one attached hydrogen (secondary N) is 1. The first kappa shape index (κ1) is 19.3. The maximum atomic E-state index is 12.6. The van der Waals surface area contributed by atoms with Gasteiger partial charge in [-0.3, -0.25) is 9.59 Å². The van der Waals surface area contributed by atoms with Gasteiger partial charge in [0.2, 0.25) is 5.91 Å². The third-order valence-electron chi connectivity index (χ3n) is 3.58. The highest BCUT2D eigenvalue weighted by molar-refractivity contribution is 9.10. The molecular weight excluding hydrogens is 408 g/mol. The van der Waals surface area contributed by atoms with Crippen LogP contribution in [0.5, 0.6) is 5.75 Å². The minimum Gasteiger partial charge on any atom is -0.496 e. The molecule has 1 N–H and O–H groups in total. The van der Waals surface area contributed by atoms with E-state index in [9.17, 15) is 9.59 Å². The molecule has 25 heavy (non-hydrogen) atoms. The van der Waals surface area contributed by atoms with Crippen LogP contribution in [0.2, 0.25) is 5.02 Å². The molecule has 0 saturated heterocycles. The van der Waals surface area contributed by atoms with Gasteiger partial charge in [-0.05, 0) is 48.9 Å². The summed E-state index contributed by atoms with van der Waals surface area (Å²) in [5.74, 6) is -0.227. The van der Waals surface area contributed by atoms with E-state index in [0.717, 1.165) is 10.0 Å². The van der Waals surface area contributed by atoms with Crippen LogP contribution in [0.1, 0.15) is 15.9 Å². The van der Waals surface area contributed by atoms with Crippen molar-refractivity contribution in [3.8, 4) is 5.75 Å². The fraction of sp³-hybridized carbons (Fsp3) is 0.222. The molecule has 0 aliphatic rings. The second-order valence-corrected chi connectivity index (χ2v) is 6.87. The maximum absolute atomic E-state index is 12.6. The second-order valence-electron chi connectivity index (χ2n) is 5.51. The number of hydrogen-bond acceptors (Lipinski definition) is 3. The lowest BCUT2D eigenvalue weighted by Crippen LogP contribution is -2.35. The summed E-state index contributed by atoms with van der Waals surface area (Å²) in [6.45, 7) is 1.80. The third kappa shape index (κ3) is 4.96. The zero-order chi connectivity index (χ0) is 18.6. The lowest BCUT2D eigenvalue weighted by Gasteiger charge is -2.19. The Labute approximate surface area is 160 Å². The average Bonchev–Trinajstić information content (AvgIpc) is 2.56. The number of anilines is 1. The standard InChI is InChI=1S/C18H18BrClN2O3/c1-11-8-12(19)4-6-15(11)21-17(23)10-22(2)18(24)14-9-13(20)5-7-16(14)25-3/h4-9H,10H2,1-3H3,(H,21,23). The van der Waals surface area contributed by atoms with Gasteiger partial charge in [-0.15, -0.1) is 0 Å². The first-order valence-corrected chi connectivity index (χ1v) is 8.64. The number of aryl methyl sites for hydroxylation is 1. The molecule has 7 heteroatoms. The Balaban J connectivity index is 2.08. The SMILES string of the molecule is COc1ccc(Cl)cc1C(=O)N(C)CC(=O)Nc1ccc(Br)cc1C. The summed E-state index contributed by atoms with van der Waals surface area (Å²) in [4.78, 5) is 26.1. The first-order chi connectivity index (χ1) is 11.8. The lowest BCUT2D eigenvalue weighted by atomic mass is 10.1. The molecule has 0 unspecified atom stereocenters. The summed E-state index contributed by atoms with van der Waals surface area (Å²) >= 11 is 9.34. The van der Waals surface area contributed by atoms with Crippen LogP contribution in [-0.2, 0) is 4.79 Å². The molecule has 2 rings (SSSR count). The molecule has 2 aromatic rings. The quantitative estimate of drug-likeness (QED) is 0.783. The molecule has 0 atom stereocenters. The van der Waals surface area contributed by atoms with Crippen LogP contribution >= 0.6 is 27.5 Å². The van der Waals surface area contributed by atoms with Gasteiger partial charge in [-0.25, -0.2) is 0 Å². The predicted octanol–water partition coefficient (Wildman–Crippen LogP) is 4.13. The highest BCUT2D eigenvalue weighted by Crippen LogP contribution is 2.24. The maximum Gasteiger partial charge on any atom is 0.257 e. The van der Waals surface area contributed by atoms with Gasteiger partial charge in [0.15, 0.2) is 0 Å².